The Kier molecular flexibility index (Phi) is 4.29. The molecule has 6 nitrogen and oxygen atoms in total. The topological polar surface area (TPSA) is 93.9 Å². The third-order valence-electron chi connectivity index (χ3n) is 4.03. The molecule has 3 N–H and O–H groups in total. The summed E-state index contributed by atoms with van der Waals surface area (Å²) in [5.74, 6) is 0.219. The molecule has 0 saturated carbocycles. The van der Waals surface area contributed by atoms with Crippen molar-refractivity contribution >= 4 is 39.0 Å². The molecule has 0 aliphatic heterocycles. The smallest absolute Gasteiger partial charge is 0.262 e. The number of benzene rings is 2. The highest BCUT2D eigenvalue weighted by Crippen LogP contribution is 2.36. The van der Waals surface area contributed by atoms with Gasteiger partial charge in [-0.3, -0.25) is 4.79 Å². The summed E-state index contributed by atoms with van der Waals surface area (Å²) in [4.78, 5) is 20.3. The molecule has 2 aromatic carbocycles. The maximum absolute atomic E-state index is 14.3. The van der Waals surface area contributed by atoms with Crippen LogP contribution in [0.1, 0.15) is 0 Å². The molecule has 0 fully saturated rings. The lowest BCUT2D eigenvalue weighted by atomic mass is 10.1. The molecule has 0 radical (unpaired) electrons. The van der Waals surface area contributed by atoms with Crippen molar-refractivity contribution in [2.24, 2.45) is 0 Å². The Morgan fingerprint density at radius 2 is 2.11 bits per heavy atom. The molecule has 0 aliphatic rings. The van der Waals surface area contributed by atoms with Crippen LogP contribution in [0.2, 0.25) is 5.02 Å². The molecule has 4 aromatic rings. The molecule has 2 heterocycles. The predicted octanol–water partition coefficient (Wildman–Crippen LogP) is 4.10. The van der Waals surface area contributed by atoms with Gasteiger partial charge < -0.3 is 15.5 Å². The van der Waals surface area contributed by atoms with Crippen LogP contribution >= 0.6 is 23.1 Å². The fourth-order valence-electron chi connectivity index (χ4n) is 2.79. The lowest BCUT2D eigenvalue weighted by Gasteiger charge is -2.08. The molecular formula is C18H12ClFN4O2S. The molecule has 0 atom stereocenters. The van der Waals surface area contributed by atoms with Gasteiger partial charge in [0.05, 0.1) is 23.3 Å². The summed E-state index contributed by atoms with van der Waals surface area (Å²) >= 11 is 7.11. The first-order valence-electron chi connectivity index (χ1n) is 7.77. The Balaban J connectivity index is 1.95. The summed E-state index contributed by atoms with van der Waals surface area (Å²) in [6, 6.07) is 9.32. The number of nitrogen functional groups attached to an aromatic ring is 1. The van der Waals surface area contributed by atoms with E-state index in [1.165, 1.54) is 19.2 Å². The van der Waals surface area contributed by atoms with E-state index < -0.39 is 11.4 Å². The molecule has 2 aromatic heterocycles. The van der Waals surface area contributed by atoms with Crippen molar-refractivity contribution in [3.05, 3.63) is 57.6 Å². The summed E-state index contributed by atoms with van der Waals surface area (Å²) in [6.45, 7) is 0. The number of nitrogens with zero attached hydrogens (tertiary/aromatic N) is 2. The van der Waals surface area contributed by atoms with Gasteiger partial charge in [-0.1, -0.05) is 17.7 Å². The van der Waals surface area contributed by atoms with Crippen LogP contribution in [0, 0.1) is 5.82 Å². The van der Waals surface area contributed by atoms with E-state index in [1.807, 2.05) is 0 Å². The third kappa shape index (κ3) is 2.92. The van der Waals surface area contributed by atoms with Crippen molar-refractivity contribution in [1.29, 1.82) is 0 Å². The summed E-state index contributed by atoms with van der Waals surface area (Å²) < 4.78 is 23.8. The van der Waals surface area contributed by atoms with Crippen molar-refractivity contribution < 1.29 is 9.13 Å². The lowest BCUT2D eigenvalue weighted by Crippen LogP contribution is -2.10. The number of aromatic amines is 1. The number of halogens is 2. The van der Waals surface area contributed by atoms with Gasteiger partial charge in [-0.2, -0.15) is 4.37 Å². The number of fused-ring (bicyclic) bond motifs is 1. The average molecular weight is 403 g/mol. The zero-order valence-electron chi connectivity index (χ0n) is 13.9. The Labute approximate surface area is 161 Å². The summed E-state index contributed by atoms with van der Waals surface area (Å²) in [6.07, 6.45) is 0. The number of anilines is 1. The number of H-pyrrole nitrogens is 1. The molecule has 0 unspecified atom stereocenters. The Morgan fingerprint density at radius 3 is 2.85 bits per heavy atom. The van der Waals surface area contributed by atoms with Crippen molar-refractivity contribution in [3.8, 4) is 28.4 Å². The first-order valence-corrected chi connectivity index (χ1v) is 8.92. The molecule has 9 heteroatoms. The standard InChI is InChI=1S/C18H12ClFN4O2S/c1-26-12-7-8(21)5-6-9(12)16-22-17(25)14-15(24-27-18(14)23-16)13-10(19)3-2-4-11(13)20/h2-7H,21H2,1H3,(H,22,23,25). The molecule has 27 heavy (non-hydrogen) atoms. The highest BCUT2D eigenvalue weighted by molar-refractivity contribution is 7.13. The van der Waals surface area contributed by atoms with Crippen LogP contribution in [0.15, 0.2) is 41.2 Å². The summed E-state index contributed by atoms with van der Waals surface area (Å²) in [5.41, 5.74) is 6.67. The first-order chi connectivity index (χ1) is 13.0. The van der Waals surface area contributed by atoms with Crippen molar-refractivity contribution in [3.63, 3.8) is 0 Å². The molecule has 4 rings (SSSR count). The third-order valence-corrected chi connectivity index (χ3v) is 5.08. The highest BCUT2D eigenvalue weighted by Gasteiger charge is 2.21. The largest absolute Gasteiger partial charge is 0.496 e. The van der Waals surface area contributed by atoms with Gasteiger partial charge in [0.15, 0.2) is 4.83 Å². The van der Waals surface area contributed by atoms with Crippen LogP contribution < -0.4 is 16.0 Å². The minimum atomic E-state index is -0.557. The summed E-state index contributed by atoms with van der Waals surface area (Å²) in [7, 11) is 1.50. The van der Waals surface area contributed by atoms with Gasteiger partial charge in [-0.25, -0.2) is 9.37 Å². The molecule has 0 saturated heterocycles. The number of nitrogens with two attached hydrogens (primary N) is 1. The van der Waals surface area contributed by atoms with E-state index in [2.05, 4.69) is 14.3 Å². The van der Waals surface area contributed by atoms with E-state index in [9.17, 15) is 9.18 Å². The molecule has 0 bridgehead atoms. The van der Waals surface area contributed by atoms with Gasteiger partial charge in [0.2, 0.25) is 0 Å². The van der Waals surface area contributed by atoms with Crippen LogP contribution in [-0.2, 0) is 0 Å². The minimum Gasteiger partial charge on any atom is -0.496 e. The van der Waals surface area contributed by atoms with E-state index in [0.29, 0.717) is 27.7 Å². The molecule has 0 spiro atoms. The average Bonchev–Trinajstić information content (AvgIpc) is 3.05. The highest BCUT2D eigenvalue weighted by atomic mass is 35.5. The lowest BCUT2D eigenvalue weighted by molar-refractivity contribution is 0.416. The van der Waals surface area contributed by atoms with Crippen LogP contribution in [-0.4, -0.2) is 21.5 Å². The molecule has 0 aliphatic carbocycles. The number of rotatable bonds is 3. The number of hydrogen-bond donors (Lipinski definition) is 2. The molecular weight excluding hydrogens is 391 g/mol. The van der Waals surface area contributed by atoms with Gasteiger partial charge in [-0.05, 0) is 35.8 Å². The molecule has 0 amide bonds. The summed E-state index contributed by atoms with van der Waals surface area (Å²) in [5, 5.41) is 0.357. The second-order valence-electron chi connectivity index (χ2n) is 5.68. The maximum Gasteiger partial charge on any atom is 0.262 e. The molecule has 136 valence electrons. The van der Waals surface area contributed by atoms with Crippen LogP contribution in [0.5, 0.6) is 5.75 Å². The maximum atomic E-state index is 14.3. The predicted molar refractivity (Wildman–Crippen MR) is 105 cm³/mol. The quantitative estimate of drug-likeness (QED) is 0.503. The number of nitrogens with one attached hydrogen (secondary N) is 1. The van der Waals surface area contributed by atoms with Crippen molar-refractivity contribution in [2.75, 3.05) is 12.8 Å². The zero-order chi connectivity index (χ0) is 19.1. The van der Waals surface area contributed by atoms with E-state index in [1.54, 1.807) is 24.3 Å². The second-order valence-corrected chi connectivity index (χ2v) is 6.84. The number of aromatic nitrogens is 3. The van der Waals surface area contributed by atoms with Gasteiger partial charge in [-0.15, -0.1) is 0 Å². The van der Waals surface area contributed by atoms with Gasteiger partial charge in [0.1, 0.15) is 28.5 Å². The van der Waals surface area contributed by atoms with Gasteiger partial charge >= 0.3 is 0 Å². The Morgan fingerprint density at radius 1 is 1.30 bits per heavy atom. The van der Waals surface area contributed by atoms with Crippen LogP contribution in [0.25, 0.3) is 32.9 Å². The number of hydrogen-bond acceptors (Lipinski definition) is 6. The van der Waals surface area contributed by atoms with E-state index in [-0.39, 0.29) is 21.7 Å². The van der Waals surface area contributed by atoms with Crippen molar-refractivity contribution in [2.45, 2.75) is 0 Å². The van der Waals surface area contributed by atoms with E-state index in [0.717, 1.165) is 11.5 Å². The Hall–Kier alpha value is -2.97. The van der Waals surface area contributed by atoms with Gasteiger partial charge in [0.25, 0.3) is 5.56 Å². The SMILES string of the molecule is COc1cc(N)ccc1-c1nc2snc(-c3c(F)cccc3Cl)c2c(=O)[nH]1. The van der Waals surface area contributed by atoms with Crippen LogP contribution in [0.4, 0.5) is 10.1 Å². The minimum absolute atomic E-state index is 0.0792. The van der Waals surface area contributed by atoms with Gasteiger partial charge in [0, 0.05) is 11.8 Å². The van der Waals surface area contributed by atoms with E-state index in [4.69, 9.17) is 22.1 Å². The zero-order valence-corrected chi connectivity index (χ0v) is 15.5. The first kappa shape index (κ1) is 17.4. The monoisotopic (exact) mass is 402 g/mol. The second kappa shape index (κ2) is 6.64. The fraction of sp³-hybridized carbons (Fsp3) is 0.0556. The van der Waals surface area contributed by atoms with Crippen LogP contribution in [0.3, 0.4) is 0 Å². The van der Waals surface area contributed by atoms with E-state index >= 15 is 0 Å². The normalized spacial score (nSPS) is 11.1. The number of methoxy groups -OCH3 is 1. The Bertz CT molecular complexity index is 1220. The fourth-order valence-corrected chi connectivity index (χ4v) is 3.81. The number of ether oxygens (including phenoxy) is 1. The van der Waals surface area contributed by atoms with Crippen molar-refractivity contribution in [1.82, 2.24) is 14.3 Å².